The lowest BCUT2D eigenvalue weighted by Crippen LogP contribution is -2.15. The lowest BCUT2D eigenvalue weighted by Gasteiger charge is -2.10. The molecule has 6 nitrogen and oxygen atoms in total. The van der Waals surface area contributed by atoms with Gasteiger partial charge in [-0.25, -0.2) is 9.78 Å². The largest absolute Gasteiger partial charge is 0.443 e. The summed E-state index contributed by atoms with van der Waals surface area (Å²) in [5.74, 6) is 0. The second-order valence-corrected chi connectivity index (χ2v) is 5.97. The van der Waals surface area contributed by atoms with Crippen LogP contribution in [0.15, 0.2) is 61.1 Å². The van der Waals surface area contributed by atoms with Crippen molar-refractivity contribution in [3.05, 3.63) is 82.9 Å². The standard InChI is InChI=1S/C19H15ClN4O2.ClH/c20-16-2-1-3-17(8-16)23-19(25)26-12-18-10-22-13-24(18)11-15-6-4-14(9-21)5-7-15;/h1-8,10,13H,11-12H2,(H,23,25);1H. The minimum atomic E-state index is -0.571. The molecule has 0 spiro atoms. The van der Waals surface area contributed by atoms with Gasteiger partial charge in [0.05, 0.1) is 29.9 Å². The summed E-state index contributed by atoms with van der Waals surface area (Å²) in [4.78, 5) is 16.0. The summed E-state index contributed by atoms with van der Waals surface area (Å²) in [6, 6.07) is 16.2. The molecule has 1 N–H and O–H groups in total. The van der Waals surface area contributed by atoms with E-state index in [9.17, 15) is 4.79 Å². The van der Waals surface area contributed by atoms with E-state index in [4.69, 9.17) is 21.6 Å². The maximum atomic E-state index is 11.9. The van der Waals surface area contributed by atoms with Crippen molar-refractivity contribution in [3.8, 4) is 6.07 Å². The molecule has 1 aromatic heterocycles. The zero-order chi connectivity index (χ0) is 18.4. The minimum Gasteiger partial charge on any atom is -0.443 e. The van der Waals surface area contributed by atoms with Crippen LogP contribution in [0.25, 0.3) is 0 Å². The number of amides is 1. The highest BCUT2D eigenvalue weighted by Gasteiger charge is 2.08. The highest BCUT2D eigenvalue weighted by Crippen LogP contribution is 2.15. The predicted molar refractivity (Wildman–Crippen MR) is 105 cm³/mol. The van der Waals surface area contributed by atoms with E-state index in [0.717, 1.165) is 11.3 Å². The summed E-state index contributed by atoms with van der Waals surface area (Å²) < 4.78 is 7.13. The Morgan fingerprint density at radius 1 is 1.26 bits per heavy atom. The number of carbonyl (C=O) groups is 1. The Morgan fingerprint density at radius 3 is 2.74 bits per heavy atom. The molecule has 1 amide bonds. The van der Waals surface area contributed by atoms with Gasteiger partial charge in [0.2, 0.25) is 0 Å². The lowest BCUT2D eigenvalue weighted by molar-refractivity contribution is 0.152. The number of hydrogen-bond acceptors (Lipinski definition) is 4. The van der Waals surface area contributed by atoms with Crippen LogP contribution >= 0.6 is 24.0 Å². The second kappa shape index (κ2) is 9.62. The van der Waals surface area contributed by atoms with Gasteiger partial charge in [-0.3, -0.25) is 5.32 Å². The summed E-state index contributed by atoms with van der Waals surface area (Å²) in [7, 11) is 0. The number of rotatable bonds is 5. The van der Waals surface area contributed by atoms with Gasteiger partial charge in [0, 0.05) is 17.3 Å². The van der Waals surface area contributed by atoms with E-state index in [1.165, 1.54) is 0 Å². The molecule has 27 heavy (non-hydrogen) atoms. The van der Waals surface area contributed by atoms with Gasteiger partial charge in [0.1, 0.15) is 6.61 Å². The fourth-order valence-electron chi connectivity index (χ4n) is 2.35. The van der Waals surface area contributed by atoms with Gasteiger partial charge in [-0.05, 0) is 35.9 Å². The van der Waals surface area contributed by atoms with Crippen molar-refractivity contribution in [2.75, 3.05) is 5.32 Å². The molecule has 0 unspecified atom stereocenters. The van der Waals surface area contributed by atoms with E-state index < -0.39 is 6.09 Å². The molecule has 1 heterocycles. The van der Waals surface area contributed by atoms with Crippen molar-refractivity contribution in [3.63, 3.8) is 0 Å². The Labute approximate surface area is 167 Å². The van der Waals surface area contributed by atoms with Crippen molar-refractivity contribution >= 4 is 35.8 Å². The summed E-state index contributed by atoms with van der Waals surface area (Å²) in [5, 5.41) is 12.0. The van der Waals surface area contributed by atoms with Gasteiger partial charge in [-0.15, -0.1) is 12.4 Å². The molecule has 0 fully saturated rings. The third kappa shape index (κ3) is 5.74. The zero-order valence-corrected chi connectivity index (χ0v) is 15.7. The number of hydrogen-bond donors (Lipinski definition) is 1. The fraction of sp³-hybridized carbons (Fsp3) is 0.105. The third-order valence-corrected chi connectivity index (χ3v) is 3.89. The average molecular weight is 403 g/mol. The zero-order valence-electron chi connectivity index (χ0n) is 14.1. The molecule has 0 saturated carbocycles. The van der Waals surface area contributed by atoms with Crippen molar-refractivity contribution in [1.29, 1.82) is 5.26 Å². The Kier molecular flexibility index (Phi) is 7.24. The molecule has 2 aromatic carbocycles. The van der Waals surface area contributed by atoms with E-state index in [2.05, 4.69) is 16.4 Å². The maximum Gasteiger partial charge on any atom is 0.412 e. The molecule has 3 aromatic rings. The Morgan fingerprint density at radius 2 is 2.04 bits per heavy atom. The summed E-state index contributed by atoms with van der Waals surface area (Å²) in [6.07, 6.45) is 2.75. The summed E-state index contributed by atoms with van der Waals surface area (Å²) >= 11 is 5.88. The number of halogens is 2. The molecule has 0 radical (unpaired) electrons. The fourth-order valence-corrected chi connectivity index (χ4v) is 2.54. The first kappa shape index (κ1) is 20.3. The van der Waals surface area contributed by atoms with Gasteiger partial charge in [-0.1, -0.05) is 29.8 Å². The number of anilines is 1. The number of nitriles is 1. The highest BCUT2D eigenvalue weighted by molar-refractivity contribution is 6.30. The number of imidazole rings is 1. The van der Waals surface area contributed by atoms with Gasteiger partial charge >= 0.3 is 6.09 Å². The molecule has 8 heteroatoms. The van der Waals surface area contributed by atoms with Crippen LogP contribution < -0.4 is 5.32 Å². The van der Waals surface area contributed by atoms with Crippen LogP contribution in [0.3, 0.4) is 0 Å². The van der Waals surface area contributed by atoms with Crippen LogP contribution in [0, 0.1) is 11.3 Å². The smallest absolute Gasteiger partial charge is 0.412 e. The van der Waals surface area contributed by atoms with Gasteiger partial charge < -0.3 is 9.30 Å². The van der Waals surface area contributed by atoms with Crippen molar-refractivity contribution in [2.24, 2.45) is 0 Å². The molecule has 138 valence electrons. The van der Waals surface area contributed by atoms with Gasteiger partial charge in [0.25, 0.3) is 0 Å². The van der Waals surface area contributed by atoms with Crippen LogP contribution in [0.1, 0.15) is 16.8 Å². The molecule has 0 saturated heterocycles. The maximum absolute atomic E-state index is 11.9. The second-order valence-electron chi connectivity index (χ2n) is 5.53. The summed E-state index contributed by atoms with van der Waals surface area (Å²) in [5.41, 5.74) is 2.96. The first-order valence-corrected chi connectivity index (χ1v) is 8.19. The molecule has 0 aliphatic rings. The van der Waals surface area contributed by atoms with E-state index >= 15 is 0 Å². The normalized spacial score (nSPS) is 9.78. The van der Waals surface area contributed by atoms with E-state index in [1.807, 2.05) is 16.7 Å². The molecule has 0 bridgehead atoms. The Bertz CT molecular complexity index is 949. The third-order valence-electron chi connectivity index (χ3n) is 3.66. The Hall–Kier alpha value is -3.01. The van der Waals surface area contributed by atoms with E-state index in [0.29, 0.717) is 22.8 Å². The Balaban J connectivity index is 0.00000261. The van der Waals surface area contributed by atoms with Gasteiger partial charge in [-0.2, -0.15) is 5.26 Å². The SMILES string of the molecule is Cl.N#Cc1ccc(Cn2cncc2COC(=O)Nc2cccc(Cl)c2)cc1. The molecule has 0 atom stereocenters. The highest BCUT2D eigenvalue weighted by atomic mass is 35.5. The van der Waals surface area contributed by atoms with Crippen LogP contribution in [0.5, 0.6) is 0 Å². The van der Waals surface area contributed by atoms with Crippen molar-refractivity contribution < 1.29 is 9.53 Å². The number of aromatic nitrogens is 2. The number of nitrogens with zero attached hydrogens (tertiary/aromatic N) is 3. The van der Waals surface area contributed by atoms with Crippen molar-refractivity contribution in [2.45, 2.75) is 13.2 Å². The van der Waals surface area contributed by atoms with Crippen LogP contribution in [0.4, 0.5) is 10.5 Å². The van der Waals surface area contributed by atoms with E-state index in [1.54, 1.807) is 48.9 Å². The summed E-state index contributed by atoms with van der Waals surface area (Å²) in [6.45, 7) is 0.656. The lowest BCUT2D eigenvalue weighted by atomic mass is 10.1. The molecule has 0 aliphatic carbocycles. The molecular formula is C19H16Cl2N4O2. The van der Waals surface area contributed by atoms with Crippen LogP contribution in [-0.4, -0.2) is 15.6 Å². The van der Waals surface area contributed by atoms with Crippen LogP contribution in [0.2, 0.25) is 5.02 Å². The minimum absolute atomic E-state index is 0. The number of carbonyl (C=O) groups excluding carboxylic acids is 1. The van der Waals surface area contributed by atoms with Crippen molar-refractivity contribution in [1.82, 2.24) is 9.55 Å². The first-order chi connectivity index (χ1) is 12.6. The molecular weight excluding hydrogens is 387 g/mol. The quantitative estimate of drug-likeness (QED) is 0.674. The van der Waals surface area contributed by atoms with Crippen LogP contribution in [-0.2, 0) is 17.9 Å². The number of nitrogens with one attached hydrogen (secondary N) is 1. The molecule has 0 aliphatic heterocycles. The van der Waals surface area contributed by atoms with E-state index in [-0.39, 0.29) is 19.0 Å². The monoisotopic (exact) mass is 402 g/mol. The predicted octanol–water partition coefficient (Wildman–Crippen LogP) is 4.63. The number of ether oxygens (including phenoxy) is 1. The average Bonchev–Trinajstić information content (AvgIpc) is 3.08. The molecule has 3 rings (SSSR count). The topological polar surface area (TPSA) is 79.9 Å². The van der Waals surface area contributed by atoms with Gasteiger partial charge in [0.15, 0.2) is 0 Å². The first-order valence-electron chi connectivity index (χ1n) is 7.81. The number of benzene rings is 2.